The van der Waals surface area contributed by atoms with Crippen LogP contribution in [0.3, 0.4) is 0 Å². The third-order valence-electron chi connectivity index (χ3n) is 5.81. The molecule has 4 rings (SSSR count). The molecule has 3 nitrogen and oxygen atoms in total. The number of hydrogen-bond donors (Lipinski definition) is 0. The van der Waals surface area contributed by atoms with E-state index in [1.165, 1.54) is 0 Å². The lowest BCUT2D eigenvalue weighted by atomic mass is 9.69. The summed E-state index contributed by atoms with van der Waals surface area (Å²) in [5.74, 6) is -0.182. The van der Waals surface area contributed by atoms with Crippen LogP contribution in [0, 0.1) is 12.3 Å². The molecule has 1 aliphatic carbocycles. The maximum atomic E-state index is 13.4. The number of nitrogens with zero attached hydrogens (tertiary/aromatic N) is 1. The van der Waals surface area contributed by atoms with Crippen molar-refractivity contribution in [2.45, 2.75) is 46.0 Å². The summed E-state index contributed by atoms with van der Waals surface area (Å²) in [6, 6.07) is 13.0. The maximum Gasteiger partial charge on any atom is 0.232 e. The van der Waals surface area contributed by atoms with Crippen molar-refractivity contribution in [3.8, 4) is 0 Å². The van der Waals surface area contributed by atoms with Crippen molar-refractivity contribution in [1.29, 1.82) is 0 Å². The van der Waals surface area contributed by atoms with Crippen LogP contribution in [0.5, 0.6) is 0 Å². The molecular formula is C24H23Cl2NO2. The van der Waals surface area contributed by atoms with E-state index in [9.17, 15) is 9.59 Å². The second-order valence-corrected chi connectivity index (χ2v) is 9.65. The highest BCUT2D eigenvalue weighted by molar-refractivity contribution is 6.31. The number of ketones is 1. The monoisotopic (exact) mass is 427 g/mol. The van der Waals surface area contributed by atoms with E-state index < -0.39 is 0 Å². The SMILES string of the molecule is Cc1ccc(Cl)cc1N1C(=O)CC(c2cccc(Cl)c2)C2=C1CC(C)(C)CC2=O. The van der Waals surface area contributed by atoms with Crippen LogP contribution in [-0.4, -0.2) is 11.7 Å². The van der Waals surface area contributed by atoms with E-state index in [0.29, 0.717) is 22.9 Å². The van der Waals surface area contributed by atoms with Gasteiger partial charge in [-0.3, -0.25) is 14.5 Å². The Morgan fingerprint density at radius 2 is 1.72 bits per heavy atom. The fraction of sp³-hybridized carbons (Fsp3) is 0.333. The van der Waals surface area contributed by atoms with E-state index >= 15 is 0 Å². The Bertz CT molecular complexity index is 1050. The molecule has 1 aliphatic heterocycles. The lowest BCUT2D eigenvalue weighted by molar-refractivity contribution is -0.121. The summed E-state index contributed by atoms with van der Waals surface area (Å²) in [7, 11) is 0. The minimum absolute atomic E-state index is 0.0235. The summed E-state index contributed by atoms with van der Waals surface area (Å²) in [6.45, 7) is 6.11. The van der Waals surface area contributed by atoms with Gasteiger partial charge in [0.05, 0.1) is 5.69 Å². The molecule has 2 aromatic rings. The number of halogens is 2. The first-order valence-electron chi connectivity index (χ1n) is 9.77. The van der Waals surface area contributed by atoms with Crippen LogP contribution < -0.4 is 4.90 Å². The Balaban J connectivity index is 1.94. The molecule has 1 unspecified atom stereocenters. The molecule has 5 heteroatoms. The quantitative estimate of drug-likeness (QED) is 0.550. The summed E-state index contributed by atoms with van der Waals surface area (Å²) >= 11 is 12.5. The topological polar surface area (TPSA) is 37.4 Å². The van der Waals surface area contributed by atoms with Crippen LogP contribution >= 0.6 is 23.2 Å². The molecule has 0 spiro atoms. The van der Waals surface area contributed by atoms with Crippen LogP contribution in [0.25, 0.3) is 0 Å². The van der Waals surface area contributed by atoms with Crippen LogP contribution in [0.2, 0.25) is 10.0 Å². The lowest BCUT2D eigenvalue weighted by Crippen LogP contribution is -2.44. The molecule has 0 fully saturated rings. The molecule has 1 heterocycles. The van der Waals surface area contributed by atoms with Gasteiger partial charge in [0, 0.05) is 40.1 Å². The van der Waals surface area contributed by atoms with Gasteiger partial charge in [-0.25, -0.2) is 0 Å². The predicted octanol–water partition coefficient (Wildman–Crippen LogP) is 6.47. The van der Waals surface area contributed by atoms with Gasteiger partial charge in [0.2, 0.25) is 5.91 Å². The van der Waals surface area contributed by atoms with Gasteiger partial charge in [-0.15, -0.1) is 0 Å². The van der Waals surface area contributed by atoms with Gasteiger partial charge in [0.25, 0.3) is 0 Å². The van der Waals surface area contributed by atoms with Crippen LogP contribution in [-0.2, 0) is 9.59 Å². The Morgan fingerprint density at radius 1 is 1.00 bits per heavy atom. The Kier molecular flexibility index (Phi) is 5.08. The number of carbonyl (C=O) groups is 2. The first-order valence-corrected chi connectivity index (χ1v) is 10.5. The van der Waals surface area contributed by atoms with Crippen molar-refractivity contribution in [2.75, 3.05) is 4.90 Å². The van der Waals surface area contributed by atoms with Crippen LogP contribution in [0.15, 0.2) is 53.7 Å². The number of allylic oxidation sites excluding steroid dienone is 2. The molecule has 2 aliphatic rings. The summed E-state index contributed by atoms with van der Waals surface area (Å²) in [4.78, 5) is 28.4. The summed E-state index contributed by atoms with van der Waals surface area (Å²) < 4.78 is 0. The smallest absolute Gasteiger partial charge is 0.232 e. The normalized spacial score (nSPS) is 21.4. The van der Waals surface area contributed by atoms with E-state index in [1.54, 1.807) is 11.0 Å². The molecule has 0 saturated carbocycles. The number of hydrogen-bond acceptors (Lipinski definition) is 2. The molecule has 0 saturated heterocycles. The van der Waals surface area contributed by atoms with Crippen molar-refractivity contribution in [3.05, 3.63) is 74.9 Å². The molecule has 1 amide bonds. The molecule has 1 atom stereocenters. The minimum atomic E-state index is -0.268. The van der Waals surface area contributed by atoms with Crippen LogP contribution in [0.1, 0.15) is 50.2 Å². The second-order valence-electron chi connectivity index (χ2n) is 8.77. The zero-order chi connectivity index (χ0) is 20.9. The fourth-order valence-corrected chi connectivity index (χ4v) is 4.89. The number of Topliss-reactive ketones (excluding diaryl/α,β-unsaturated/α-hetero) is 1. The maximum absolute atomic E-state index is 13.4. The van der Waals surface area contributed by atoms with Crippen molar-refractivity contribution >= 4 is 40.6 Å². The molecular weight excluding hydrogens is 405 g/mol. The zero-order valence-corrected chi connectivity index (χ0v) is 18.3. The number of benzene rings is 2. The van der Waals surface area contributed by atoms with E-state index in [0.717, 1.165) is 28.1 Å². The van der Waals surface area contributed by atoms with Crippen molar-refractivity contribution in [3.63, 3.8) is 0 Å². The van der Waals surface area contributed by atoms with Crippen molar-refractivity contribution < 1.29 is 9.59 Å². The standard InChI is InChI=1S/C24H23Cl2NO2/c1-14-7-8-17(26)10-19(14)27-20-12-24(2,3)13-21(28)23(20)18(11-22(27)29)15-5-4-6-16(25)9-15/h4-10,18H,11-13H2,1-3H3. The highest BCUT2D eigenvalue weighted by atomic mass is 35.5. The van der Waals surface area contributed by atoms with Gasteiger partial charge in [0.1, 0.15) is 0 Å². The van der Waals surface area contributed by atoms with E-state index in [4.69, 9.17) is 23.2 Å². The zero-order valence-electron chi connectivity index (χ0n) is 16.8. The molecule has 0 aromatic heterocycles. The number of amides is 1. The number of carbonyl (C=O) groups excluding carboxylic acids is 2. The fourth-order valence-electron chi connectivity index (χ4n) is 4.53. The first-order chi connectivity index (χ1) is 13.7. The summed E-state index contributed by atoms with van der Waals surface area (Å²) in [5, 5.41) is 1.17. The van der Waals surface area contributed by atoms with E-state index in [1.807, 2.05) is 43.3 Å². The van der Waals surface area contributed by atoms with Crippen LogP contribution in [0.4, 0.5) is 5.69 Å². The van der Waals surface area contributed by atoms with Gasteiger partial charge >= 0.3 is 0 Å². The molecule has 0 radical (unpaired) electrons. The molecule has 2 aromatic carbocycles. The van der Waals surface area contributed by atoms with E-state index in [2.05, 4.69) is 13.8 Å². The Morgan fingerprint density at radius 3 is 2.45 bits per heavy atom. The average Bonchev–Trinajstić information content (AvgIpc) is 2.62. The average molecular weight is 428 g/mol. The first kappa shape index (κ1) is 20.2. The van der Waals surface area contributed by atoms with Gasteiger partial charge < -0.3 is 0 Å². The highest BCUT2D eigenvalue weighted by Gasteiger charge is 2.44. The van der Waals surface area contributed by atoms with Gasteiger partial charge in [0.15, 0.2) is 5.78 Å². The summed E-state index contributed by atoms with van der Waals surface area (Å²) in [5.41, 5.74) is 3.95. The minimum Gasteiger partial charge on any atom is -0.294 e. The lowest BCUT2D eigenvalue weighted by Gasteiger charge is -2.43. The second kappa shape index (κ2) is 7.30. The molecule has 29 heavy (non-hydrogen) atoms. The number of anilines is 1. The Hall–Kier alpha value is -2.10. The van der Waals surface area contributed by atoms with Gasteiger partial charge in [-0.2, -0.15) is 0 Å². The molecule has 0 bridgehead atoms. The van der Waals surface area contributed by atoms with E-state index in [-0.39, 0.29) is 29.4 Å². The summed E-state index contributed by atoms with van der Waals surface area (Å²) in [6.07, 6.45) is 1.36. The highest BCUT2D eigenvalue weighted by Crippen LogP contribution is 2.48. The number of rotatable bonds is 2. The molecule has 150 valence electrons. The third kappa shape index (κ3) is 3.74. The largest absolute Gasteiger partial charge is 0.294 e. The predicted molar refractivity (Wildman–Crippen MR) is 118 cm³/mol. The Labute approximate surface area is 181 Å². The van der Waals surface area contributed by atoms with Gasteiger partial charge in [-0.1, -0.05) is 55.2 Å². The van der Waals surface area contributed by atoms with Gasteiger partial charge in [-0.05, 0) is 54.2 Å². The number of aryl methyl sites for hydroxylation is 1. The third-order valence-corrected chi connectivity index (χ3v) is 6.28. The molecule has 0 N–H and O–H groups in total. The van der Waals surface area contributed by atoms with Crippen molar-refractivity contribution in [2.24, 2.45) is 5.41 Å². The van der Waals surface area contributed by atoms with Crippen molar-refractivity contribution in [1.82, 2.24) is 0 Å².